The normalized spacial score (nSPS) is 7.85. The van der Waals surface area contributed by atoms with E-state index in [1.165, 1.54) is 0 Å². The Labute approximate surface area is 100 Å². The van der Waals surface area contributed by atoms with Crippen LogP contribution in [-0.2, 0) is 9.78 Å². The Hall–Kier alpha value is 0.190. The predicted molar refractivity (Wildman–Crippen MR) is 40.5 cm³/mol. The topological polar surface area (TPSA) is 78.8 Å². The zero-order chi connectivity index (χ0) is 9.82. The van der Waals surface area contributed by atoms with E-state index in [0.717, 1.165) is 12.8 Å². The quantitative estimate of drug-likeness (QED) is 0.234. The number of rotatable bonds is 5. The summed E-state index contributed by atoms with van der Waals surface area (Å²) in [5.74, 6) is 0. The molecule has 0 unspecified atom stereocenters. The molecule has 6 heteroatoms. The average molecular weight is 202 g/mol. The van der Waals surface area contributed by atoms with Gasteiger partial charge in [0.25, 0.3) is 0 Å². The van der Waals surface area contributed by atoms with Gasteiger partial charge in [-0.3, -0.25) is 0 Å². The van der Waals surface area contributed by atoms with Crippen LogP contribution in [0.3, 0.4) is 0 Å². The third kappa shape index (κ3) is 47.0. The van der Waals surface area contributed by atoms with Crippen LogP contribution in [0.15, 0.2) is 0 Å². The second-order valence-electron chi connectivity index (χ2n) is 1.91. The molecule has 0 aromatic heterocycles. The molecule has 0 heterocycles. The van der Waals surface area contributed by atoms with Crippen molar-refractivity contribution in [2.24, 2.45) is 0 Å². The first kappa shape index (κ1) is 18.9. The number of carbonyl (C=O) groups is 1. The van der Waals surface area contributed by atoms with Gasteiger partial charge in [0.2, 0.25) is 6.16 Å². The fourth-order valence-corrected chi connectivity index (χ4v) is 0.285. The summed E-state index contributed by atoms with van der Waals surface area (Å²) < 4.78 is 0. The van der Waals surface area contributed by atoms with E-state index in [0.29, 0.717) is 13.2 Å². The maximum atomic E-state index is 8.44. The van der Waals surface area contributed by atoms with E-state index >= 15 is 0 Å². The Kier molecular flexibility index (Phi) is 26.2. The molecule has 13 heavy (non-hydrogen) atoms. The first-order valence-electron chi connectivity index (χ1n) is 3.79. The number of hydrogen-bond acceptors (Lipinski definition) is 4. The van der Waals surface area contributed by atoms with E-state index in [2.05, 4.69) is 13.8 Å². The van der Waals surface area contributed by atoms with Crippen LogP contribution in [0, 0.1) is 0 Å². The van der Waals surface area contributed by atoms with Crippen LogP contribution in [-0.4, -0.2) is 24.5 Å². The minimum atomic E-state index is -2.08. The molecule has 5 nitrogen and oxygen atoms in total. The summed E-state index contributed by atoms with van der Waals surface area (Å²) in [5, 5.41) is 15.3. The summed E-state index contributed by atoms with van der Waals surface area (Å²) in [6.45, 7) is 5.52. The smallest absolute Gasteiger partial charge is 0.565 e. The maximum absolute atomic E-state index is 8.44. The summed E-state index contributed by atoms with van der Waals surface area (Å²) in [7, 11) is 0. The molecule has 0 aliphatic heterocycles. The van der Waals surface area contributed by atoms with Crippen molar-refractivity contribution in [2.45, 2.75) is 26.7 Å². The van der Waals surface area contributed by atoms with Crippen molar-refractivity contribution in [1.29, 1.82) is 0 Å². The van der Waals surface area contributed by atoms with Crippen molar-refractivity contribution in [3.8, 4) is 0 Å². The molecular formula is C7H15NaO5. The Morgan fingerprint density at radius 3 is 1.62 bits per heavy atom. The van der Waals surface area contributed by atoms with E-state index in [1.54, 1.807) is 0 Å². The van der Waals surface area contributed by atoms with Gasteiger partial charge in [-0.2, -0.15) is 0 Å². The van der Waals surface area contributed by atoms with Gasteiger partial charge in [0.1, 0.15) is 0 Å². The average Bonchev–Trinajstić information content (AvgIpc) is 1.97. The minimum Gasteiger partial charge on any atom is -0.565 e. The molecule has 74 valence electrons. The van der Waals surface area contributed by atoms with E-state index in [9.17, 15) is 0 Å². The van der Waals surface area contributed by atoms with Gasteiger partial charge in [-0.05, 0) is 12.8 Å². The van der Waals surface area contributed by atoms with Crippen LogP contribution in [0.25, 0.3) is 0 Å². The van der Waals surface area contributed by atoms with Crippen molar-refractivity contribution < 1.29 is 54.3 Å². The minimum absolute atomic E-state index is 0. The molecule has 1 N–H and O–H groups in total. The standard InChI is InChI=1S/C6H14O2.CH2O3.Na/c1-3-5-7-8-6-4-2;2-1(3)4;/h3-6H2,1-2H3;(H2,2,3,4);/q;;+1/p-1. The fourth-order valence-electron chi connectivity index (χ4n) is 0.285. The second kappa shape index (κ2) is 18.1. The summed E-state index contributed by atoms with van der Waals surface area (Å²) in [5.41, 5.74) is 0. The van der Waals surface area contributed by atoms with Crippen LogP contribution in [0.2, 0.25) is 0 Å². The zero-order valence-corrected chi connectivity index (χ0v) is 10.4. The van der Waals surface area contributed by atoms with Gasteiger partial charge < -0.3 is 15.0 Å². The van der Waals surface area contributed by atoms with E-state index in [1.807, 2.05) is 0 Å². The molecular weight excluding hydrogens is 187 g/mol. The van der Waals surface area contributed by atoms with Crippen molar-refractivity contribution in [1.82, 2.24) is 0 Å². The van der Waals surface area contributed by atoms with Crippen LogP contribution < -0.4 is 34.7 Å². The Balaban J connectivity index is -0.000000173. The van der Waals surface area contributed by atoms with Gasteiger partial charge in [-0.15, -0.1) is 0 Å². The Morgan fingerprint density at radius 2 is 1.46 bits per heavy atom. The molecule has 0 radical (unpaired) electrons. The second-order valence-corrected chi connectivity index (χ2v) is 1.91. The van der Waals surface area contributed by atoms with Crippen LogP contribution in [0.1, 0.15) is 26.7 Å². The molecule has 0 atom stereocenters. The van der Waals surface area contributed by atoms with Crippen molar-refractivity contribution in [3.05, 3.63) is 0 Å². The maximum Gasteiger partial charge on any atom is 1.00 e. The molecule has 0 amide bonds. The summed E-state index contributed by atoms with van der Waals surface area (Å²) in [6.07, 6.45) is -0.0482. The molecule has 0 bridgehead atoms. The van der Waals surface area contributed by atoms with Gasteiger partial charge in [-0.25, -0.2) is 9.78 Å². The SMILES string of the molecule is CCCOOCCC.O=C([O-])O.[Na+]. The molecule has 0 fully saturated rings. The van der Waals surface area contributed by atoms with Crippen LogP contribution in [0.5, 0.6) is 0 Å². The van der Waals surface area contributed by atoms with Crippen LogP contribution >= 0.6 is 0 Å². The van der Waals surface area contributed by atoms with Crippen molar-refractivity contribution >= 4 is 6.16 Å². The Bertz CT molecular complexity index is 88.9. The van der Waals surface area contributed by atoms with Gasteiger partial charge in [0.15, 0.2) is 0 Å². The predicted octanol–water partition coefficient (Wildman–Crippen LogP) is -2.35. The molecule has 0 spiro atoms. The zero-order valence-electron chi connectivity index (χ0n) is 8.41. The molecule has 0 aromatic carbocycles. The number of hydrogen-bond donors (Lipinski definition) is 1. The van der Waals surface area contributed by atoms with E-state index in [-0.39, 0.29) is 29.6 Å². The van der Waals surface area contributed by atoms with Gasteiger partial charge >= 0.3 is 29.6 Å². The molecule has 0 saturated heterocycles. The first-order chi connectivity index (χ1) is 5.65. The third-order valence-electron chi connectivity index (χ3n) is 0.658. The fraction of sp³-hybridized carbons (Fsp3) is 0.857. The third-order valence-corrected chi connectivity index (χ3v) is 0.658. The van der Waals surface area contributed by atoms with Gasteiger partial charge in [0.05, 0.1) is 13.2 Å². The monoisotopic (exact) mass is 202 g/mol. The van der Waals surface area contributed by atoms with E-state index in [4.69, 9.17) is 24.8 Å². The summed E-state index contributed by atoms with van der Waals surface area (Å²) in [6, 6.07) is 0. The largest absolute Gasteiger partial charge is 1.00 e. The first-order valence-corrected chi connectivity index (χ1v) is 3.79. The summed E-state index contributed by atoms with van der Waals surface area (Å²) >= 11 is 0. The molecule has 0 aliphatic carbocycles. The Morgan fingerprint density at radius 1 is 1.23 bits per heavy atom. The molecule has 0 rings (SSSR count). The van der Waals surface area contributed by atoms with Gasteiger partial charge in [0, 0.05) is 0 Å². The van der Waals surface area contributed by atoms with Crippen LogP contribution in [0.4, 0.5) is 4.79 Å². The molecule has 0 saturated carbocycles. The number of carboxylic acid groups (broad SMARTS) is 2. The van der Waals surface area contributed by atoms with Crippen molar-refractivity contribution in [2.75, 3.05) is 13.2 Å². The van der Waals surface area contributed by atoms with Crippen molar-refractivity contribution in [3.63, 3.8) is 0 Å². The van der Waals surface area contributed by atoms with Gasteiger partial charge in [-0.1, -0.05) is 13.8 Å². The molecule has 0 aromatic rings. The summed E-state index contributed by atoms with van der Waals surface area (Å²) in [4.78, 5) is 17.9. The van der Waals surface area contributed by atoms with E-state index < -0.39 is 6.16 Å². The molecule has 0 aliphatic rings.